The SMILES string of the molecule is C#CC(=C\C=C/CF)/C(=C/O)C(=O)c1ccccc1C(C)Nc1ncnc(N)c1C(=N)c1ccc(C(C)N)c(N)c1. The molecule has 3 aromatic rings. The Morgan fingerprint density at radius 2 is 1.93 bits per heavy atom. The second-order valence-electron chi connectivity index (χ2n) is 9.12. The van der Waals surface area contributed by atoms with E-state index in [0.29, 0.717) is 23.1 Å². The Kier molecular flexibility index (Phi) is 10.1. The average molecular weight is 554 g/mol. The summed E-state index contributed by atoms with van der Waals surface area (Å²) >= 11 is 0. The lowest BCUT2D eigenvalue weighted by Crippen LogP contribution is -2.18. The number of ketones is 1. The fraction of sp³-hybridized carbons (Fsp3) is 0.161. The molecule has 0 radical (unpaired) electrons. The number of aliphatic hydroxyl groups excluding tert-OH is 1. The molecule has 0 aliphatic rings. The summed E-state index contributed by atoms with van der Waals surface area (Å²) in [4.78, 5) is 21.9. The maximum atomic E-state index is 13.5. The average Bonchev–Trinajstić information content (AvgIpc) is 2.96. The Balaban J connectivity index is 1.99. The predicted octanol–water partition coefficient (Wildman–Crippen LogP) is 4.96. The highest BCUT2D eigenvalue weighted by atomic mass is 19.1. The van der Waals surface area contributed by atoms with Crippen LogP contribution in [0.25, 0.3) is 0 Å². The number of nitrogens with zero attached hydrogens (tertiary/aromatic N) is 2. The van der Waals surface area contributed by atoms with Gasteiger partial charge in [0.1, 0.15) is 24.6 Å². The molecule has 0 spiro atoms. The number of Topliss-reactive ketones (excluding diaryl/α,β-unsaturated/α-hetero) is 1. The minimum atomic E-state index is -0.703. The number of allylic oxidation sites excluding steroid dienone is 5. The van der Waals surface area contributed by atoms with E-state index in [1.807, 2.05) is 6.92 Å². The summed E-state index contributed by atoms with van der Waals surface area (Å²) in [7, 11) is 0. The fourth-order valence-electron chi connectivity index (χ4n) is 4.24. The van der Waals surface area contributed by atoms with Gasteiger partial charge >= 0.3 is 0 Å². The highest BCUT2D eigenvalue weighted by molar-refractivity contribution is 6.16. The number of terminal acetylenes is 1. The highest BCUT2D eigenvalue weighted by Gasteiger charge is 2.23. The van der Waals surface area contributed by atoms with Crippen LogP contribution in [0.1, 0.15) is 58.5 Å². The van der Waals surface area contributed by atoms with Crippen LogP contribution in [0.3, 0.4) is 0 Å². The molecule has 41 heavy (non-hydrogen) atoms. The molecule has 0 aliphatic carbocycles. The summed E-state index contributed by atoms with van der Waals surface area (Å²) in [5.74, 6) is 2.17. The van der Waals surface area contributed by atoms with Gasteiger partial charge in [0.15, 0.2) is 5.78 Å². The lowest BCUT2D eigenvalue weighted by atomic mass is 9.91. The molecule has 1 aromatic heterocycles. The van der Waals surface area contributed by atoms with Gasteiger partial charge in [-0.25, -0.2) is 14.4 Å². The number of aliphatic hydroxyl groups is 1. The number of hydrogen-bond acceptors (Lipinski definition) is 9. The Morgan fingerprint density at radius 3 is 2.56 bits per heavy atom. The van der Waals surface area contributed by atoms with Crippen LogP contribution in [0.2, 0.25) is 0 Å². The quantitative estimate of drug-likeness (QED) is 0.0367. The molecule has 10 heteroatoms. The van der Waals surface area contributed by atoms with Gasteiger partial charge in [-0.15, -0.1) is 6.42 Å². The topological polar surface area (TPSA) is 177 Å². The van der Waals surface area contributed by atoms with Crippen molar-refractivity contribution in [1.82, 2.24) is 9.97 Å². The number of carbonyl (C=O) groups excluding carboxylic acids is 1. The standard InChI is InChI=1S/C31H32FN7O2/c1-4-20(9-7-8-14-32)25(16-40)29(41)24-11-6-5-10-23(24)19(3)39-31-27(30(36)37-17-38-31)28(35)21-12-13-22(18(2)33)26(34)15-21/h1,5-13,15-19,35,40H,14,33-34H2,2-3H3,(H3,36,37,38,39)/b8-7-,20-9+,25-16-,35-28?. The Morgan fingerprint density at radius 1 is 1.20 bits per heavy atom. The van der Waals surface area contributed by atoms with E-state index in [9.17, 15) is 14.3 Å². The number of halogens is 1. The normalized spacial score (nSPS) is 13.4. The van der Waals surface area contributed by atoms with Crippen molar-refractivity contribution >= 4 is 28.8 Å². The maximum absolute atomic E-state index is 13.5. The molecule has 0 aliphatic heterocycles. The van der Waals surface area contributed by atoms with Crippen molar-refractivity contribution in [2.75, 3.05) is 23.5 Å². The number of nitrogens with one attached hydrogen (secondary N) is 2. The zero-order valence-electron chi connectivity index (χ0n) is 22.7. The smallest absolute Gasteiger partial charge is 0.197 e. The first-order chi connectivity index (χ1) is 19.6. The molecule has 9 N–H and O–H groups in total. The van der Waals surface area contributed by atoms with E-state index in [-0.39, 0.29) is 45.7 Å². The second-order valence-corrected chi connectivity index (χ2v) is 9.12. The third-order valence-electron chi connectivity index (χ3n) is 6.33. The van der Waals surface area contributed by atoms with Crippen molar-refractivity contribution in [3.8, 4) is 12.3 Å². The van der Waals surface area contributed by atoms with E-state index in [1.165, 1.54) is 24.6 Å². The number of carbonyl (C=O) groups is 1. The third kappa shape index (κ3) is 6.84. The number of alkyl halides is 1. The molecule has 0 saturated heterocycles. The molecule has 0 amide bonds. The first-order valence-electron chi connectivity index (χ1n) is 12.6. The van der Waals surface area contributed by atoms with Gasteiger partial charge in [0.2, 0.25) is 0 Å². The van der Waals surface area contributed by atoms with Crippen LogP contribution in [-0.2, 0) is 0 Å². The van der Waals surface area contributed by atoms with Crippen molar-refractivity contribution in [1.29, 1.82) is 5.41 Å². The van der Waals surface area contributed by atoms with Crippen LogP contribution >= 0.6 is 0 Å². The van der Waals surface area contributed by atoms with Crippen LogP contribution in [0.15, 0.2) is 84.4 Å². The molecule has 0 saturated carbocycles. The predicted molar refractivity (Wildman–Crippen MR) is 161 cm³/mol. The number of nitrogens with two attached hydrogens (primary N) is 3. The van der Waals surface area contributed by atoms with Crippen molar-refractivity contribution in [2.24, 2.45) is 5.73 Å². The monoisotopic (exact) mass is 553 g/mol. The van der Waals surface area contributed by atoms with Gasteiger partial charge in [-0.3, -0.25) is 10.2 Å². The first-order valence-corrected chi connectivity index (χ1v) is 12.6. The van der Waals surface area contributed by atoms with Gasteiger partial charge in [0, 0.05) is 28.4 Å². The second kappa shape index (κ2) is 13.7. The van der Waals surface area contributed by atoms with Crippen molar-refractivity contribution in [3.63, 3.8) is 0 Å². The van der Waals surface area contributed by atoms with E-state index in [1.54, 1.807) is 49.4 Å². The lowest BCUT2D eigenvalue weighted by molar-refractivity contribution is 0.103. The third-order valence-corrected chi connectivity index (χ3v) is 6.33. The van der Waals surface area contributed by atoms with Gasteiger partial charge < -0.3 is 27.6 Å². The summed E-state index contributed by atoms with van der Waals surface area (Å²) in [6.07, 6.45) is 11.4. The Hall–Kier alpha value is -5.27. The van der Waals surface area contributed by atoms with E-state index in [2.05, 4.69) is 21.2 Å². The van der Waals surface area contributed by atoms with Gasteiger partial charge in [0.05, 0.1) is 29.2 Å². The molecule has 3 rings (SSSR count). The van der Waals surface area contributed by atoms with E-state index in [4.69, 9.17) is 29.0 Å². The molecule has 1 heterocycles. The lowest BCUT2D eigenvalue weighted by Gasteiger charge is -2.21. The minimum absolute atomic E-state index is 0.0423. The number of nitrogen functional groups attached to an aromatic ring is 2. The molecule has 2 aromatic carbocycles. The molecular formula is C31H32FN7O2. The number of aromatic nitrogens is 2. The zero-order valence-corrected chi connectivity index (χ0v) is 22.7. The van der Waals surface area contributed by atoms with Gasteiger partial charge in [-0.1, -0.05) is 54.5 Å². The molecule has 2 atom stereocenters. The Bertz CT molecular complexity index is 1590. The van der Waals surface area contributed by atoms with Gasteiger partial charge in [0.25, 0.3) is 0 Å². The minimum Gasteiger partial charge on any atom is -0.515 e. The maximum Gasteiger partial charge on any atom is 0.197 e. The summed E-state index contributed by atoms with van der Waals surface area (Å²) in [5, 5.41) is 22.0. The van der Waals surface area contributed by atoms with Crippen molar-refractivity contribution < 1.29 is 14.3 Å². The number of hydrogen-bond donors (Lipinski definition) is 6. The molecule has 2 unspecified atom stereocenters. The Labute approximate surface area is 238 Å². The number of rotatable bonds is 11. The summed E-state index contributed by atoms with van der Waals surface area (Å²) < 4.78 is 12.5. The van der Waals surface area contributed by atoms with E-state index < -0.39 is 18.5 Å². The molecule has 0 bridgehead atoms. The van der Waals surface area contributed by atoms with E-state index >= 15 is 0 Å². The van der Waals surface area contributed by atoms with Crippen LogP contribution < -0.4 is 22.5 Å². The number of anilines is 3. The van der Waals surface area contributed by atoms with Crippen LogP contribution in [0, 0.1) is 17.8 Å². The van der Waals surface area contributed by atoms with Crippen LogP contribution in [-0.4, -0.2) is 33.2 Å². The summed E-state index contributed by atoms with van der Waals surface area (Å²) in [5.41, 5.74) is 21.1. The van der Waals surface area contributed by atoms with Crippen LogP contribution in [0.5, 0.6) is 0 Å². The summed E-state index contributed by atoms with van der Waals surface area (Å²) in [6.45, 7) is 2.92. The summed E-state index contributed by atoms with van der Waals surface area (Å²) in [6, 6.07) is 11.1. The largest absolute Gasteiger partial charge is 0.515 e. The molecule has 210 valence electrons. The van der Waals surface area contributed by atoms with Crippen LogP contribution in [0.4, 0.5) is 21.7 Å². The van der Waals surface area contributed by atoms with Crippen molar-refractivity contribution in [2.45, 2.75) is 25.9 Å². The highest BCUT2D eigenvalue weighted by Crippen LogP contribution is 2.30. The van der Waals surface area contributed by atoms with Crippen molar-refractivity contribution in [3.05, 3.63) is 112 Å². The zero-order chi connectivity index (χ0) is 30.1. The van der Waals surface area contributed by atoms with Gasteiger partial charge in [-0.2, -0.15) is 0 Å². The molecule has 9 nitrogen and oxygen atoms in total. The molecular weight excluding hydrogens is 521 g/mol. The van der Waals surface area contributed by atoms with Gasteiger partial charge in [-0.05, 0) is 37.1 Å². The first kappa shape index (κ1) is 30.3. The van der Waals surface area contributed by atoms with E-state index in [0.717, 1.165) is 5.56 Å². The number of benzene rings is 2. The molecule has 0 fully saturated rings. The fourth-order valence-corrected chi connectivity index (χ4v) is 4.24.